The van der Waals surface area contributed by atoms with Gasteiger partial charge in [0.2, 0.25) is 0 Å². The topological polar surface area (TPSA) is 37.5 Å². The highest BCUT2D eigenvalue weighted by Gasteiger charge is 2.08. The Kier molecular flexibility index (Phi) is 2.64. The average Bonchev–Trinajstić information content (AvgIpc) is 2.32. The molecule has 1 heterocycles. The molecule has 0 aliphatic rings. The van der Waals surface area contributed by atoms with E-state index in [1.807, 2.05) is 18.5 Å². The molecule has 0 spiro atoms. The van der Waals surface area contributed by atoms with Gasteiger partial charge in [-0.25, -0.2) is 0 Å². The fourth-order valence-corrected chi connectivity index (χ4v) is 2.21. The predicted octanol–water partition coefficient (Wildman–Crippen LogP) is 2.32. The zero-order valence-electron chi connectivity index (χ0n) is 7.16. The van der Waals surface area contributed by atoms with Gasteiger partial charge in [0.15, 0.2) is 3.95 Å². The molecule has 0 fully saturated rings. The molecule has 3 nitrogen and oxygen atoms in total. The molecule has 0 aromatic carbocycles. The fourth-order valence-electron chi connectivity index (χ4n) is 0.900. The van der Waals surface area contributed by atoms with Crippen LogP contribution in [0.5, 0.6) is 0 Å². The summed E-state index contributed by atoms with van der Waals surface area (Å²) in [6, 6.07) is 0. The van der Waals surface area contributed by atoms with E-state index in [-0.39, 0.29) is 0 Å². The highest BCUT2D eigenvalue weighted by molar-refractivity contribution is 7.73. The van der Waals surface area contributed by atoms with E-state index >= 15 is 0 Å². The molecular weight excluding hydrogens is 192 g/mol. The van der Waals surface area contributed by atoms with Crippen LogP contribution in [-0.2, 0) is 7.05 Å². The van der Waals surface area contributed by atoms with Gasteiger partial charge in [-0.05, 0) is 26.1 Å². The summed E-state index contributed by atoms with van der Waals surface area (Å²) in [7, 11) is 1.91. The highest BCUT2D eigenvalue weighted by Crippen LogP contribution is 2.18. The van der Waals surface area contributed by atoms with Crippen LogP contribution in [0, 0.1) is 10.9 Å². The number of nitrogens with zero attached hydrogens (tertiary/aromatic N) is 2. The van der Waals surface area contributed by atoms with Crippen molar-refractivity contribution in [2.75, 3.05) is 0 Å². The molecule has 0 radical (unpaired) electrons. The smallest absolute Gasteiger partial charge is 0.161 e. The van der Waals surface area contributed by atoms with Gasteiger partial charge in [-0.2, -0.15) is 0 Å². The molecular formula is C7H10N2OS2. The van der Waals surface area contributed by atoms with Crippen LogP contribution >= 0.6 is 23.6 Å². The number of thiazole rings is 1. The van der Waals surface area contributed by atoms with E-state index in [0.717, 1.165) is 14.5 Å². The van der Waals surface area contributed by atoms with Gasteiger partial charge in [0.1, 0.15) is 0 Å². The molecule has 0 saturated carbocycles. The van der Waals surface area contributed by atoms with Crippen LogP contribution in [0.4, 0.5) is 0 Å². The number of rotatable bonds is 1. The van der Waals surface area contributed by atoms with Gasteiger partial charge >= 0.3 is 0 Å². The molecule has 66 valence electrons. The zero-order valence-corrected chi connectivity index (χ0v) is 8.79. The Morgan fingerprint density at radius 1 is 1.67 bits per heavy atom. The van der Waals surface area contributed by atoms with Crippen LogP contribution in [0.15, 0.2) is 5.16 Å². The van der Waals surface area contributed by atoms with E-state index < -0.39 is 0 Å². The van der Waals surface area contributed by atoms with Crippen molar-refractivity contribution in [2.45, 2.75) is 13.8 Å². The highest BCUT2D eigenvalue weighted by atomic mass is 32.1. The third-order valence-electron chi connectivity index (χ3n) is 1.77. The van der Waals surface area contributed by atoms with Crippen molar-refractivity contribution in [1.29, 1.82) is 0 Å². The van der Waals surface area contributed by atoms with Crippen LogP contribution in [0.3, 0.4) is 0 Å². The zero-order chi connectivity index (χ0) is 9.30. The van der Waals surface area contributed by atoms with Crippen molar-refractivity contribution in [3.8, 4) is 0 Å². The molecule has 1 rings (SSSR count). The molecule has 5 heteroatoms. The molecule has 1 N–H and O–H groups in total. The molecule has 0 atom stereocenters. The largest absolute Gasteiger partial charge is 0.411 e. The Bertz CT molecular complexity index is 375. The lowest BCUT2D eigenvalue weighted by molar-refractivity contribution is 0.319. The molecule has 0 saturated heterocycles. The summed E-state index contributed by atoms with van der Waals surface area (Å²) in [5.41, 5.74) is 1.66. The summed E-state index contributed by atoms with van der Waals surface area (Å²) >= 11 is 6.53. The van der Waals surface area contributed by atoms with E-state index in [0.29, 0.717) is 5.71 Å². The minimum absolute atomic E-state index is 0.615. The van der Waals surface area contributed by atoms with Gasteiger partial charge in [-0.1, -0.05) is 5.16 Å². The first kappa shape index (κ1) is 9.41. The number of hydrogen-bond acceptors (Lipinski definition) is 4. The Morgan fingerprint density at radius 2 is 2.25 bits per heavy atom. The molecule has 0 aliphatic carbocycles. The summed E-state index contributed by atoms with van der Waals surface area (Å²) in [6.07, 6.45) is 0. The van der Waals surface area contributed by atoms with Crippen molar-refractivity contribution in [3.63, 3.8) is 0 Å². The number of hydrogen-bond donors (Lipinski definition) is 1. The minimum atomic E-state index is 0.615. The number of oxime groups is 1. The maximum Gasteiger partial charge on any atom is 0.161 e. The monoisotopic (exact) mass is 202 g/mol. The third-order valence-corrected chi connectivity index (χ3v) is 3.54. The molecule has 1 aromatic rings. The Hall–Kier alpha value is -0.680. The second kappa shape index (κ2) is 3.37. The molecule has 0 aliphatic heterocycles. The van der Waals surface area contributed by atoms with E-state index in [9.17, 15) is 0 Å². The fraction of sp³-hybridized carbons (Fsp3) is 0.429. The maximum absolute atomic E-state index is 8.56. The first-order valence-corrected chi connectivity index (χ1v) is 4.66. The molecule has 0 bridgehead atoms. The van der Waals surface area contributed by atoms with Crippen molar-refractivity contribution in [3.05, 3.63) is 14.5 Å². The van der Waals surface area contributed by atoms with Gasteiger partial charge in [-0.15, -0.1) is 11.3 Å². The van der Waals surface area contributed by atoms with Gasteiger partial charge < -0.3 is 9.77 Å². The van der Waals surface area contributed by atoms with Crippen LogP contribution in [0.2, 0.25) is 0 Å². The molecule has 1 aromatic heterocycles. The van der Waals surface area contributed by atoms with Crippen LogP contribution < -0.4 is 0 Å². The van der Waals surface area contributed by atoms with Crippen molar-refractivity contribution in [2.24, 2.45) is 12.2 Å². The summed E-state index contributed by atoms with van der Waals surface area (Å²) in [5, 5.41) is 11.7. The second-order valence-corrected chi connectivity index (χ2v) is 4.17. The Labute approximate surface area is 80.0 Å². The minimum Gasteiger partial charge on any atom is -0.411 e. The molecule has 0 amide bonds. The molecule has 12 heavy (non-hydrogen) atoms. The lowest BCUT2D eigenvalue weighted by atomic mass is 10.3. The van der Waals surface area contributed by atoms with Crippen LogP contribution in [-0.4, -0.2) is 15.5 Å². The number of aromatic nitrogens is 1. The van der Waals surface area contributed by atoms with Crippen LogP contribution in [0.25, 0.3) is 0 Å². The standard InChI is InChI=1S/C7H10N2OS2/c1-4(8-10)6-5(2)9(3)7(11)12-6/h10H,1-3H3. The first-order chi connectivity index (χ1) is 5.57. The molecule has 0 unspecified atom stereocenters. The van der Waals surface area contributed by atoms with Gasteiger partial charge in [0, 0.05) is 12.7 Å². The predicted molar refractivity (Wildman–Crippen MR) is 52.9 cm³/mol. The van der Waals surface area contributed by atoms with Gasteiger partial charge in [0.05, 0.1) is 10.6 Å². The summed E-state index contributed by atoms with van der Waals surface area (Å²) in [6.45, 7) is 3.71. The maximum atomic E-state index is 8.56. The van der Waals surface area contributed by atoms with Crippen molar-refractivity contribution in [1.82, 2.24) is 4.57 Å². The Balaban J connectivity index is 3.37. The lowest BCUT2D eigenvalue weighted by Crippen LogP contribution is -1.97. The quantitative estimate of drug-likeness (QED) is 0.328. The lowest BCUT2D eigenvalue weighted by Gasteiger charge is -1.96. The van der Waals surface area contributed by atoms with E-state index in [1.165, 1.54) is 11.3 Å². The first-order valence-electron chi connectivity index (χ1n) is 3.43. The van der Waals surface area contributed by atoms with Crippen molar-refractivity contribution >= 4 is 29.3 Å². The summed E-state index contributed by atoms with van der Waals surface area (Å²) in [4.78, 5) is 0.949. The second-order valence-electron chi connectivity index (χ2n) is 2.53. The Morgan fingerprint density at radius 3 is 2.58 bits per heavy atom. The normalized spacial score (nSPS) is 12.1. The summed E-state index contributed by atoms with van der Waals surface area (Å²) in [5.74, 6) is 0. The SMILES string of the molecule is CC(=NO)c1sc(=S)n(C)c1C. The summed E-state index contributed by atoms with van der Waals surface area (Å²) < 4.78 is 2.70. The van der Waals surface area contributed by atoms with Crippen molar-refractivity contribution < 1.29 is 5.21 Å². The average molecular weight is 202 g/mol. The van der Waals surface area contributed by atoms with Gasteiger partial charge in [-0.3, -0.25) is 0 Å². The van der Waals surface area contributed by atoms with Crippen LogP contribution in [0.1, 0.15) is 17.5 Å². The van der Waals surface area contributed by atoms with E-state index in [1.54, 1.807) is 6.92 Å². The third kappa shape index (κ3) is 1.42. The van der Waals surface area contributed by atoms with E-state index in [2.05, 4.69) is 5.16 Å². The van der Waals surface area contributed by atoms with E-state index in [4.69, 9.17) is 17.4 Å². The van der Waals surface area contributed by atoms with Gasteiger partial charge in [0.25, 0.3) is 0 Å².